The van der Waals surface area contributed by atoms with Gasteiger partial charge >= 0.3 is 0 Å². The molecule has 0 bridgehead atoms. The number of methoxy groups -OCH3 is 1. The molecule has 232 valence electrons. The molecule has 0 radical (unpaired) electrons. The van der Waals surface area contributed by atoms with Crippen LogP contribution in [0.15, 0.2) is 48.5 Å². The number of Topliss-reactive ketones (excluding diaryl/α,β-unsaturated/α-hetero) is 2. The number of hydrogen-bond acceptors (Lipinski definition) is 9. The normalized spacial score (nSPS) is 20.3. The number of carbonyl (C=O) groups excluding carboxylic acids is 4. The van der Waals surface area contributed by atoms with E-state index < -0.39 is 29.5 Å². The fraction of sp³-hybridized carbons (Fsp3) is 0.500. The molecule has 4 unspecified atom stereocenters. The molecule has 3 N–H and O–H groups in total. The van der Waals surface area contributed by atoms with Gasteiger partial charge in [0.05, 0.1) is 45.6 Å². The van der Waals surface area contributed by atoms with Crippen molar-refractivity contribution in [2.75, 3.05) is 46.6 Å². The van der Waals surface area contributed by atoms with Crippen LogP contribution in [0, 0.1) is 5.92 Å². The second kappa shape index (κ2) is 14.6. The molecule has 2 aromatic carbocycles. The van der Waals surface area contributed by atoms with Crippen LogP contribution in [0.1, 0.15) is 31.4 Å². The van der Waals surface area contributed by atoms with Gasteiger partial charge in [0.1, 0.15) is 17.1 Å². The molecule has 11 heteroatoms. The molecular formula is C32H41N3O8. The van der Waals surface area contributed by atoms with Crippen LogP contribution in [0.3, 0.4) is 0 Å². The van der Waals surface area contributed by atoms with E-state index in [-0.39, 0.29) is 55.6 Å². The lowest BCUT2D eigenvalue weighted by atomic mass is 9.89. The van der Waals surface area contributed by atoms with E-state index in [0.29, 0.717) is 37.6 Å². The number of epoxide rings is 1. The number of aromatic hydroxyl groups is 1. The first-order valence-electron chi connectivity index (χ1n) is 14.6. The monoisotopic (exact) mass is 595 g/mol. The fourth-order valence-corrected chi connectivity index (χ4v) is 5.08. The van der Waals surface area contributed by atoms with Gasteiger partial charge in [0.15, 0.2) is 11.6 Å². The second-order valence-electron chi connectivity index (χ2n) is 11.4. The Bertz CT molecular complexity index is 1290. The minimum absolute atomic E-state index is 0.0296. The number of hydrogen-bond donors (Lipinski definition) is 3. The predicted molar refractivity (Wildman–Crippen MR) is 158 cm³/mol. The van der Waals surface area contributed by atoms with Gasteiger partial charge in [0, 0.05) is 31.5 Å². The summed E-state index contributed by atoms with van der Waals surface area (Å²) in [6.45, 7) is 6.08. The van der Waals surface area contributed by atoms with Crippen LogP contribution in [-0.2, 0) is 41.5 Å². The van der Waals surface area contributed by atoms with Crippen molar-refractivity contribution in [3.63, 3.8) is 0 Å². The Balaban J connectivity index is 1.49. The molecule has 2 aliphatic rings. The third-order valence-electron chi connectivity index (χ3n) is 7.92. The number of morpholine rings is 1. The van der Waals surface area contributed by atoms with E-state index in [1.165, 1.54) is 13.2 Å². The molecule has 2 aromatic rings. The lowest BCUT2D eigenvalue weighted by molar-refractivity contribution is -0.134. The molecule has 2 amide bonds. The first kappa shape index (κ1) is 32.1. The average molecular weight is 596 g/mol. The van der Waals surface area contributed by atoms with Gasteiger partial charge in [-0.1, -0.05) is 36.4 Å². The number of benzene rings is 2. The molecule has 2 saturated heterocycles. The number of carbonyl (C=O) groups is 4. The summed E-state index contributed by atoms with van der Waals surface area (Å²) in [6.07, 6.45) is 0.0744. The van der Waals surface area contributed by atoms with Gasteiger partial charge in [0.2, 0.25) is 11.8 Å². The third kappa shape index (κ3) is 9.09. The smallest absolute Gasteiger partial charge is 0.234 e. The first-order chi connectivity index (χ1) is 20.6. The Hall–Kier alpha value is -3.80. The highest BCUT2D eigenvalue weighted by molar-refractivity contribution is 5.98. The summed E-state index contributed by atoms with van der Waals surface area (Å²) in [4.78, 5) is 55.1. The van der Waals surface area contributed by atoms with Gasteiger partial charge in [-0.25, -0.2) is 0 Å². The van der Waals surface area contributed by atoms with Crippen LogP contribution < -0.4 is 15.4 Å². The summed E-state index contributed by atoms with van der Waals surface area (Å²) in [5.74, 6) is -1.94. The van der Waals surface area contributed by atoms with E-state index in [0.717, 1.165) is 5.56 Å². The van der Waals surface area contributed by atoms with Crippen molar-refractivity contribution in [1.29, 1.82) is 0 Å². The van der Waals surface area contributed by atoms with E-state index in [4.69, 9.17) is 14.2 Å². The van der Waals surface area contributed by atoms with Crippen molar-refractivity contribution in [1.82, 2.24) is 15.5 Å². The molecule has 0 aliphatic carbocycles. The van der Waals surface area contributed by atoms with E-state index in [1.54, 1.807) is 26.0 Å². The largest absolute Gasteiger partial charge is 0.508 e. The SMILES string of the molecule is COc1ccc(CC(CC(=O)C(C)NC(=O)CN2CCOCC2)C(=O)NC(Cc2ccccc2)C(=O)C2(C)CO2)c(O)c1. The second-order valence-corrected chi connectivity index (χ2v) is 11.4. The number of nitrogens with zero attached hydrogens (tertiary/aromatic N) is 1. The zero-order chi connectivity index (χ0) is 31.0. The maximum atomic E-state index is 13.8. The lowest BCUT2D eigenvalue weighted by Gasteiger charge is -2.27. The zero-order valence-corrected chi connectivity index (χ0v) is 25.0. The van der Waals surface area contributed by atoms with Crippen molar-refractivity contribution < 1.29 is 38.5 Å². The van der Waals surface area contributed by atoms with Gasteiger partial charge in [0.25, 0.3) is 0 Å². The maximum Gasteiger partial charge on any atom is 0.234 e. The Kier molecular flexibility index (Phi) is 10.9. The van der Waals surface area contributed by atoms with Crippen LogP contribution in [0.2, 0.25) is 0 Å². The van der Waals surface area contributed by atoms with Crippen LogP contribution in [0.5, 0.6) is 11.5 Å². The number of amides is 2. The minimum atomic E-state index is -0.967. The van der Waals surface area contributed by atoms with Crippen molar-refractivity contribution >= 4 is 23.4 Å². The quantitative estimate of drug-likeness (QED) is 0.260. The predicted octanol–water partition coefficient (Wildman–Crippen LogP) is 1.44. The molecule has 4 atom stereocenters. The molecule has 0 aromatic heterocycles. The topological polar surface area (TPSA) is 147 Å². The summed E-state index contributed by atoms with van der Waals surface area (Å²) < 4.78 is 15.9. The van der Waals surface area contributed by atoms with Gasteiger partial charge < -0.3 is 30.0 Å². The number of phenolic OH excluding ortho intramolecular Hbond substituents is 1. The molecule has 11 nitrogen and oxygen atoms in total. The van der Waals surface area contributed by atoms with Crippen molar-refractivity contribution in [3.05, 3.63) is 59.7 Å². The molecule has 2 aliphatic heterocycles. The highest BCUT2D eigenvalue weighted by Gasteiger charge is 2.50. The summed E-state index contributed by atoms with van der Waals surface area (Å²) in [5.41, 5.74) is 0.342. The van der Waals surface area contributed by atoms with E-state index >= 15 is 0 Å². The molecule has 43 heavy (non-hydrogen) atoms. The highest BCUT2D eigenvalue weighted by Crippen LogP contribution is 2.30. The van der Waals surface area contributed by atoms with E-state index in [9.17, 15) is 24.3 Å². The van der Waals surface area contributed by atoms with Crippen molar-refractivity contribution in [2.24, 2.45) is 5.92 Å². The van der Waals surface area contributed by atoms with Gasteiger partial charge in [-0.15, -0.1) is 0 Å². The highest BCUT2D eigenvalue weighted by atomic mass is 16.6. The first-order valence-corrected chi connectivity index (χ1v) is 14.6. The standard InChI is InChI=1S/C32H41N3O8/c1-21(33-29(38)19-35-11-13-42-14-12-35)27(36)17-24(16-23-9-10-25(41-3)18-28(23)37)31(40)34-26(30(39)32(2)20-43-32)15-22-7-5-4-6-8-22/h4-10,18,21,24,26,37H,11-17,19-20H2,1-3H3,(H,33,38)(H,34,40). The van der Waals surface area contributed by atoms with E-state index in [2.05, 4.69) is 10.6 Å². The van der Waals surface area contributed by atoms with Crippen LogP contribution in [0.25, 0.3) is 0 Å². The molecule has 0 saturated carbocycles. The average Bonchev–Trinajstić information content (AvgIpc) is 3.75. The molecule has 2 fully saturated rings. The van der Waals surface area contributed by atoms with Crippen molar-refractivity contribution in [3.8, 4) is 11.5 Å². The number of ketones is 2. The number of nitrogens with one attached hydrogen (secondary N) is 2. The third-order valence-corrected chi connectivity index (χ3v) is 7.92. The Morgan fingerprint density at radius 2 is 1.74 bits per heavy atom. The minimum Gasteiger partial charge on any atom is -0.508 e. The van der Waals surface area contributed by atoms with Crippen LogP contribution in [-0.4, -0.2) is 97.6 Å². The van der Waals surface area contributed by atoms with Crippen LogP contribution in [0.4, 0.5) is 0 Å². The molecule has 0 spiro atoms. The summed E-state index contributed by atoms with van der Waals surface area (Å²) >= 11 is 0. The summed E-state index contributed by atoms with van der Waals surface area (Å²) in [6, 6.07) is 12.4. The van der Waals surface area contributed by atoms with Crippen molar-refractivity contribution in [2.45, 2.75) is 50.8 Å². The summed E-state index contributed by atoms with van der Waals surface area (Å²) in [7, 11) is 1.48. The van der Waals surface area contributed by atoms with Gasteiger partial charge in [-0.2, -0.15) is 0 Å². The molecular weight excluding hydrogens is 554 g/mol. The number of ether oxygens (including phenoxy) is 3. The molecule has 2 heterocycles. The Labute approximate surface area is 251 Å². The maximum absolute atomic E-state index is 13.8. The van der Waals surface area contributed by atoms with Gasteiger partial charge in [-0.3, -0.25) is 24.1 Å². The Morgan fingerprint density at radius 3 is 2.37 bits per heavy atom. The van der Waals surface area contributed by atoms with Gasteiger partial charge in [-0.05, 0) is 43.9 Å². The number of phenols is 1. The Morgan fingerprint density at radius 1 is 1.05 bits per heavy atom. The van der Waals surface area contributed by atoms with E-state index in [1.807, 2.05) is 35.2 Å². The van der Waals surface area contributed by atoms with Crippen LogP contribution >= 0.6 is 0 Å². The number of rotatable bonds is 15. The lowest BCUT2D eigenvalue weighted by Crippen LogP contribution is -2.50. The zero-order valence-electron chi connectivity index (χ0n) is 25.0. The fourth-order valence-electron chi connectivity index (χ4n) is 5.08. The summed E-state index contributed by atoms with van der Waals surface area (Å²) in [5, 5.41) is 16.2. The molecule has 4 rings (SSSR count).